The van der Waals surface area contributed by atoms with Crippen molar-refractivity contribution in [3.05, 3.63) is 79.7 Å². The second-order valence-electron chi connectivity index (χ2n) is 7.50. The van der Waals surface area contributed by atoms with Crippen LogP contribution in [0.25, 0.3) is 0 Å². The monoisotopic (exact) mass is 600 g/mol. The van der Waals surface area contributed by atoms with Crippen LogP contribution < -0.4 is 15.4 Å². The molecule has 0 saturated carbocycles. The van der Waals surface area contributed by atoms with Gasteiger partial charge in [0.2, 0.25) is 5.91 Å². The number of aromatic carboxylic acids is 1. The molecule has 0 heterocycles. The van der Waals surface area contributed by atoms with Crippen molar-refractivity contribution in [3.8, 4) is 5.75 Å². The molecule has 1 atom stereocenters. The van der Waals surface area contributed by atoms with Gasteiger partial charge in [0.15, 0.2) is 0 Å². The summed E-state index contributed by atoms with van der Waals surface area (Å²) in [6, 6.07) is 13.7. The molecule has 7 nitrogen and oxygen atoms in total. The highest BCUT2D eigenvalue weighted by Crippen LogP contribution is 2.42. The molecule has 0 aliphatic carbocycles. The average Bonchev–Trinajstić information content (AvgIpc) is 2.86. The van der Waals surface area contributed by atoms with E-state index in [1.807, 2.05) is 6.92 Å². The van der Waals surface area contributed by atoms with Gasteiger partial charge >= 0.3 is 5.97 Å². The van der Waals surface area contributed by atoms with E-state index in [2.05, 4.69) is 10.6 Å². The van der Waals surface area contributed by atoms with Crippen LogP contribution in [0.4, 0.5) is 11.4 Å². The van der Waals surface area contributed by atoms with Gasteiger partial charge in [-0.2, -0.15) is 0 Å². The number of thioether (sulfide) groups is 1. The first-order chi connectivity index (χ1) is 17.5. The number of hydrogen-bond donors (Lipinski definition) is 3. The molecule has 0 spiro atoms. The Labute approximate surface area is 237 Å². The number of nitrogens with one attached hydrogen (secondary N) is 2. The molecule has 0 bridgehead atoms. The second kappa shape index (κ2) is 12.8. The van der Waals surface area contributed by atoms with E-state index in [-0.39, 0.29) is 21.0 Å². The number of halogens is 4. The highest BCUT2D eigenvalue weighted by molar-refractivity contribution is 8.00. The fourth-order valence-corrected chi connectivity index (χ4v) is 5.05. The zero-order chi connectivity index (χ0) is 27.3. The fraction of sp³-hybridized carbons (Fsp3) is 0.160. The van der Waals surface area contributed by atoms with Crippen molar-refractivity contribution in [2.24, 2.45) is 0 Å². The lowest BCUT2D eigenvalue weighted by atomic mass is 10.1. The summed E-state index contributed by atoms with van der Waals surface area (Å²) in [5, 5.41) is 13.3. The molecule has 0 aliphatic rings. The maximum Gasteiger partial charge on any atom is 0.338 e. The van der Waals surface area contributed by atoms with E-state index in [1.165, 1.54) is 11.8 Å². The lowest BCUT2D eigenvalue weighted by molar-refractivity contribution is -0.115. The van der Waals surface area contributed by atoms with Crippen molar-refractivity contribution in [1.82, 2.24) is 0 Å². The molecule has 0 radical (unpaired) electrons. The molecule has 0 aromatic heterocycles. The zero-order valence-corrected chi connectivity index (χ0v) is 23.2. The van der Waals surface area contributed by atoms with Crippen molar-refractivity contribution in [2.75, 3.05) is 17.2 Å². The first kappa shape index (κ1) is 28.9. The predicted molar refractivity (Wildman–Crippen MR) is 149 cm³/mol. The van der Waals surface area contributed by atoms with Gasteiger partial charge in [0, 0.05) is 16.3 Å². The summed E-state index contributed by atoms with van der Waals surface area (Å²) in [5.41, 5.74) is 0.0425. The minimum absolute atomic E-state index is 0.182. The number of carboxylic acid groups (broad SMARTS) is 1. The first-order valence-electron chi connectivity index (χ1n) is 10.7. The largest absolute Gasteiger partial charge is 0.494 e. The van der Waals surface area contributed by atoms with Gasteiger partial charge in [-0.3, -0.25) is 9.59 Å². The minimum atomic E-state index is -1.49. The highest BCUT2D eigenvalue weighted by Gasteiger charge is 2.29. The minimum Gasteiger partial charge on any atom is -0.494 e. The third kappa shape index (κ3) is 7.03. The van der Waals surface area contributed by atoms with Crippen LogP contribution in [0.1, 0.15) is 34.6 Å². The van der Waals surface area contributed by atoms with E-state index in [1.54, 1.807) is 55.5 Å². The summed E-state index contributed by atoms with van der Waals surface area (Å²) in [4.78, 5) is 37.9. The smallest absolute Gasteiger partial charge is 0.338 e. The zero-order valence-electron chi connectivity index (χ0n) is 19.4. The molecular weight excluding hydrogens is 582 g/mol. The number of rotatable bonds is 9. The van der Waals surface area contributed by atoms with Gasteiger partial charge in [0.25, 0.3) is 5.91 Å². The standard InChI is InChI=1S/C25H20Cl4N2O5S/c1-3-36-15-8-4-13(5-9-15)30-23(32)12(2)37-16-10-6-14(7-11-16)31-24(33)17-18(25(34)35)20(27)22(29)21(28)19(17)26/h4-12H,3H2,1-2H3,(H,30,32)(H,31,33)(H,34,35). The lowest BCUT2D eigenvalue weighted by Crippen LogP contribution is -2.22. The average molecular weight is 602 g/mol. The van der Waals surface area contributed by atoms with E-state index < -0.39 is 33.3 Å². The normalized spacial score (nSPS) is 11.5. The summed E-state index contributed by atoms with van der Waals surface area (Å²) in [6.45, 7) is 4.22. The van der Waals surface area contributed by atoms with Gasteiger partial charge in [-0.15, -0.1) is 11.8 Å². The SMILES string of the molecule is CCOc1ccc(NC(=O)C(C)Sc2ccc(NC(=O)c3c(Cl)c(Cl)c(Cl)c(Cl)c3C(=O)O)cc2)cc1. The Kier molecular flexibility index (Phi) is 9.98. The van der Waals surface area contributed by atoms with Crippen LogP contribution in [-0.2, 0) is 4.79 Å². The molecular formula is C25H20Cl4N2O5S. The van der Waals surface area contributed by atoms with Gasteiger partial charge in [0.1, 0.15) is 5.75 Å². The first-order valence-corrected chi connectivity index (χ1v) is 13.1. The molecule has 194 valence electrons. The summed E-state index contributed by atoms with van der Waals surface area (Å²) in [7, 11) is 0. The van der Waals surface area contributed by atoms with E-state index >= 15 is 0 Å². The summed E-state index contributed by atoms with van der Waals surface area (Å²) in [6.07, 6.45) is 0. The number of amides is 2. The Bertz CT molecular complexity index is 1330. The van der Waals surface area contributed by atoms with E-state index in [0.29, 0.717) is 18.0 Å². The quantitative estimate of drug-likeness (QED) is 0.131. The van der Waals surface area contributed by atoms with Crippen molar-refractivity contribution in [3.63, 3.8) is 0 Å². The molecule has 3 N–H and O–H groups in total. The number of benzene rings is 3. The number of carbonyl (C=O) groups excluding carboxylic acids is 2. The van der Waals surface area contributed by atoms with Crippen LogP contribution >= 0.6 is 58.2 Å². The molecule has 0 aliphatic heterocycles. The third-order valence-electron chi connectivity index (χ3n) is 4.94. The van der Waals surface area contributed by atoms with E-state index in [4.69, 9.17) is 51.1 Å². The highest BCUT2D eigenvalue weighted by atomic mass is 35.5. The molecule has 37 heavy (non-hydrogen) atoms. The molecule has 0 fully saturated rings. The Morgan fingerprint density at radius 2 is 1.35 bits per heavy atom. The number of ether oxygens (including phenoxy) is 1. The van der Waals surface area contributed by atoms with Gasteiger partial charge in [0.05, 0.1) is 43.1 Å². The molecule has 3 rings (SSSR count). The van der Waals surface area contributed by atoms with Crippen molar-refractivity contribution in [1.29, 1.82) is 0 Å². The van der Waals surface area contributed by atoms with Crippen LogP contribution in [0.15, 0.2) is 53.4 Å². The number of anilines is 2. The van der Waals surface area contributed by atoms with Crippen LogP contribution in [0.5, 0.6) is 5.75 Å². The second-order valence-corrected chi connectivity index (χ2v) is 10.4. The Hall–Kier alpha value is -2.62. The van der Waals surface area contributed by atoms with Gasteiger partial charge in [-0.1, -0.05) is 46.4 Å². The molecule has 3 aromatic carbocycles. The summed E-state index contributed by atoms with van der Waals surface area (Å²) in [5.74, 6) is -1.77. The van der Waals surface area contributed by atoms with Gasteiger partial charge in [-0.05, 0) is 62.4 Å². The molecule has 3 aromatic rings. The molecule has 2 amide bonds. The van der Waals surface area contributed by atoms with Gasteiger partial charge in [-0.25, -0.2) is 4.79 Å². The summed E-state index contributed by atoms with van der Waals surface area (Å²) >= 11 is 25.4. The topological polar surface area (TPSA) is 105 Å². The lowest BCUT2D eigenvalue weighted by Gasteiger charge is -2.15. The molecule has 12 heteroatoms. The van der Waals surface area contributed by atoms with Crippen LogP contribution in [0.2, 0.25) is 20.1 Å². The van der Waals surface area contributed by atoms with E-state index in [0.717, 1.165) is 10.6 Å². The summed E-state index contributed by atoms with van der Waals surface area (Å²) < 4.78 is 5.40. The predicted octanol–water partition coefficient (Wildman–Crippen LogP) is 7.77. The fourth-order valence-electron chi connectivity index (χ4n) is 3.16. The third-order valence-corrected chi connectivity index (χ3v) is 7.85. The molecule has 0 saturated heterocycles. The number of carbonyl (C=O) groups is 3. The van der Waals surface area contributed by atoms with Crippen LogP contribution in [0, 0.1) is 0 Å². The molecule has 1 unspecified atom stereocenters. The van der Waals surface area contributed by atoms with Crippen LogP contribution in [0.3, 0.4) is 0 Å². The van der Waals surface area contributed by atoms with Crippen molar-refractivity contribution in [2.45, 2.75) is 24.0 Å². The van der Waals surface area contributed by atoms with Crippen molar-refractivity contribution < 1.29 is 24.2 Å². The Morgan fingerprint density at radius 1 is 0.838 bits per heavy atom. The van der Waals surface area contributed by atoms with Gasteiger partial charge < -0.3 is 20.5 Å². The van der Waals surface area contributed by atoms with E-state index in [9.17, 15) is 19.5 Å². The number of carboxylic acids is 1. The Balaban J connectivity index is 1.67. The van der Waals surface area contributed by atoms with Crippen molar-refractivity contribution >= 4 is 87.3 Å². The Morgan fingerprint density at radius 3 is 1.89 bits per heavy atom. The maximum atomic E-state index is 12.9. The maximum absolute atomic E-state index is 12.9. The van der Waals surface area contributed by atoms with Crippen LogP contribution in [-0.4, -0.2) is 34.7 Å². The number of hydrogen-bond acceptors (Lipinski definition) is 5.